The fourth-order valence-electron chi connectivity index (χ4n) is 5.26. The maximum absolute atomic E-state index is 4.63. The lowest BCUT2D eigenvalue weighted by Crippen LogP contribution is -2.19. The smallest absolute Gasteiger partial charge is 0.232 e. The van der Waals surface area contributed by atoms with Crippen molar-refractivity contribution in [1.29, 1.82) is 0 Å². The molecule has 0 unspecified atom stereocenters. The molecule has 0 radical (unpaired) electrons. The van der Waals surface area contributed by atoms with Crippen molar-refractivity contribution >= 4 is 57.4 Å². The summed E-state index contributed by atoms with van der Waals surface area (Å²) in [5.41, 5.74) is 4.79. The van der Waals surface area contributed by atoms with Crippen molar-refractivity contribution in [2.75, 3.05) is 21.3 Å². The molecule has 16 heteroatoms. The largest absolute Gasteiger partial charge is 0.365 e. The van der Waals surface area contributed by atoms with E-state index < -0.39 is 0 Å². The van der Waals surface area contributed by atoms with E-state index in [0.717, 1.165) is 45.9 Å². The highest BCUT2D eigenvalue weighted by Gasteiger charge is 2.29. The van der Waals surface area contributed by atoms with Crippen molar-refractivity contribution in [2.45, 2.75) is 78.4 Å². The first-order chi connectivity index (χ1) is 22.3. The SMILES string of the molecule is CC(C)n1cc(Nc2nc(N[C@H](C)C3CC3)c3[nH]cnc3n2)cn1.Cc1cc(Nc2nc(N[C@H](C)C3CC3)c3[nH]cnc3n2)n[nH]1. The minimum absolute atomic E-state index is 0.312. The maximum Gasteiger partial charge on any atom is 0.232 e. The Morgan fingerprint density at radius 2 is 1.35 bits per heavy atom. The molecule has 6 heterocycles. The van der Waals surface area contributed by atoms with Crippen molar-refractivity contribution in [1.82, 2.24) is 59.8 Å². The van der Waals surface area contributed by atoms with Crippen LogP contribution in [0.2, 0.25) is 0 Å². The number of nitrogens with zero attached hydrogens (tertiary/aromatic N) is 9. The maximum atomic E-state index is 4.63. The molecule has 0 aromatic carbocycles. The molecule has 0 saturated heterocycles. The van der Waals surface area contributed by atoms with Crippen molar-refractivity contribution in [3.05, 3.63) is 36.8 Å². The predicted octanol–water partition coefficient (Wildman–Crippen LogP) is 5.42. The summed E-state index contributed by atoms with van der Waals surface area (Å²) in [6.45, 7) is 10.5. The number of hydrogen-bond acceptors (Lipinski definition) is 12. The van der Waals surface area contributed by atoms with E-state index >= 15 is 0 Å². The van der Waals surface area contributed by atoms with E-state index in [1.807, 2.05) is 23.9 Å². The molecule has 8 rings (SSSR count). The summed E-state index contributed by atoms with van der Waals surface area (Å²) in [6.07, 6.45) is 12.1. The molecule has 16 nitrogen and oxygen atoms in total. The van der Waals surface area contributed by atoms with Gasteiger partial charge in [0.15, 0.2) is 28.7 Å². The molecule has 6 aromatic rings. The van der Waals surface area contributed by atoms with Gasteiger partial charge in [0.2, 0.25) is 11.9 Å². The average molecular weight is 625 g/mol. The Kier molecular flexibility index (Phi) is 7.84. The van der Waals surface area contributed by atoms with Crippen LogP contribution in [0.4, 0.5) is 35.0 Å². The van der Waals surface area contributed by atoms with Crippen LogP contribution in [-0.4, -0.2) is 71.9 Å². The summed E-state index contributed by atoms with van der Waals surface area (Å²) in [6, 6.07) is 3.00. The van der Waals surface area contributed by atoms with Gasteiger partial charge < -0.3 is 31.2 Å². The first-order valence-corrected chi connectivity index (χ1v) is 15.8. The van der Waals surface area contributed by atoms with E-state index in [4.69, 9.17) is 0 Å². The minimum Gasteiger partial charge on any atom is -0.365 e. The lowest BCUT2D eigenvalue weighted by Gasteiger charge is -2.14. The second-order valence-electron chi connectivity index (χ2n) is 12.5. The molecule has 0 aliphatic heterocycles. The highest BCUT2D eigenvalue weighted by atomic mass is 15.3. The van der Waals surface area contributed by atoms with Crippen LogP contribution in [-0.2, 0) is 0 Å². The van der Waals surface area contributed by atoms with E-state index in [1.54, 1.807) is 18.9 Å². The summed E-state index contributed by atoms with van der Waals surface area (Å²) in [5.74, 6) is 4.72. The predicted molar refractivity (Wildman–Crippen MR) is 177 cm³/mol. The Labute approximate surface area is 265 Å². The molecule has 2 aliphatic rings. The Hall–Kier alpha value is -5.28. The van der Waals surface area contributed by atoms with E-state index in [0.29, 0.717) is 47.1 Å². The van der Waals surface area contributed by atoms with Crippen LogP contribution in [0, 0.1) is 18.8 Å². The Bertz CT molecular complexity index is 1920. The number of aromatic amines is 3. The standard InChI is InChI=1S/C16H22N8.C14H18N8/c1-9(2)24-7-12(6-19-24)21-16-22-14-13(17-8-18-14)15(23-16)20-10(3)11-4-5-11;1-7-5-10(22-21-7)18-14-19-12-11(15-6-16-12)13(20-14)17-8(2)9-3-4-9/h6-11H,4-5H2,1-3H3,(H3,17,18,20,21,22,23);5-6,8-9H,3-4H2,1-2H3,(H4,15,16,17,18,19,20,21,22)/t10-;8-/m11/s1. The zero-order valence-electron chi connectivity index (χ0n) is 26.6. The Balaban J connectivity index is 0.000000147. The van der Waals surface area contributed by atoms with Crippen molar-refractivity contribution < 1.29 is 0 Å². The van der Waals surface area contributed by atoms with Crippen LogP contribution < -0.4 is 21.3 Å². The molecular weight excluding hydrogens is 584 g/mol. The molecule has 6 aromatic heterocycles. The fourth-order valence-corrected chi connectivity index (χ4v) is 5.26. The van der Waals surface area contributed by atoms with E-state index in [-0.39, 0.29) is 0 Å². The molecule has 7 N–H and O–H groups in total. The number of H-pyrrole nitrogens is 3. The zero-order chi connectivity index (χ0) is 31.8. The molecule has 2 aliphatic carbocycles. The number of imidazole rings is 2. The summed E-state index contributed by atoms with van der Waals surface area (Å²) in [4.78, 5) is 32.8. The molecule has 2 saturated carbocycles. The third kappa shape index (κ3) is 6.69. The number of anilines is 6. The van der Waals surface area contributed by atoms with Crippen LogP contribution in [0.5, 0.6) is 0 Å². The summed E-state index contributed by atoms with van der Waals surface area (Å²) >= 11 is 0. The molecule has 0 spiro atoms. The van der Waals surface area contributed by atoms with Gasteiger partial charge in [-0.05, 0) is 72.1 Å². The minimum atomic E-state index is 0.312. The van der Waals surface area contributed by atoms with Gasteiger partial charge in [-0.3, -0.25) is 9.78 Å². The summed E-state index contributed by atoms with van der Waals surface area (Å²) in [5, 5.41) is 24.7. The van der Waals surface area contributed by atoms with Gasteiger partial charge in [0.1, 0.15) is 11.0 Å². The number of aromatic nitrogens is 12. The Morgan fingerprint density at radius 1 is 0.783 bits per heavy atom. The molecule has 2 atom stereocenters. The van der Waals surface area contributed by atoms with Crippen LogP contribution in [0.15, 0.2) is 31.1 Å². The van der Waals surface area contributed by atoms with Gasteiger partial charge in [-0.25, -0.2) is 9.97 Å². The molecule has 0 amide bonds. The number of nitrogens with one attached hydrogen (secondary N) is 7. The molecule has 46 heavy (non-hydrogen) atoms. The van der Waals surface area contributed by atoms with Crippen molar-refractivity contribution in [2.24, 2.45) is 11.8 Å². The molecule has 240 valence electrons. The van der Waals surface area contributed by atoms with Gasteiger partial charge in [0, 0.05) is 36.1 Å². The number of aryl methyl sites for hydroxylation is 1. The van der Waals surface area contributed by atoms with Gasteiger partial charge in [0.25, 0.3) is 0 Å². The van der Waals surface area contributed by atoms with Crippen LogP contribution in [0.25, 0.3) is 22.3 Å². The first-order valence-electron chi connectivity index (χ1n) is 15.8. The van der Waals surface area contributed by atoms with Gasteiger partial charge in [-0.1, -0.05) is 0 Å². The first kappa shape index (κ1) is 29.4. The zero-order valence-corrected chi connectivity index (χ0v) is 26.6. The number of fused-ring (bicyclic) bond motifs is 2. The summed E-state index contributed by atoms with van der Waals surface area (Å²) in [7, 11) is 0. The van der Waals surface area contributed by atoms with E-state index in [9.17, 15) is 0 Å². The average Bonchev–Trinajstić information content (AvgIpc) is 3.84. The van der Waals surface area contributed by atoms with Crippen LogP contribution in [0.1, 0.15) is 65.1 Å². The highest BCUT2D eigenvalue weighted by Crippen LogP contribution is 2.35. The number of rotatable bonds is 11. The van der Waals surface area contributed by atoms with E-state index in [1.165, 1.54) is 25.7 Å². The highest BCUT2D eigenvalue weighted by molar-refractivity contribution is 5.85. The third-order valence-corrected chi connectivity index (χ3v) is 8.29. The molecule has 2 fully saturated rings. The van der Waals surface area contributed by atoms with Gasteiger partial charge in [0.05, 0.1) is 24.5 Å². The van der Waals surface area contributed by atoms with Crippen molar-refractivity contribution in [3.8, 4) is 0 Å². The second kappa shape index (κ2) is 12.3. The van der Waals surface area contributed by atoms with E-state index in [2.05, 4.69) is 104 Å². The van der Waals surface area contributed by atoms with Crippen molar-refractivity contribution in [3.63, 3.8) is 0 Å². The van der Waals surface area contributed by atoms with Gasteiger partial charge >= 0.3 is 0 Å². The quantitative estimate of drug-likeness (QED) is 0.0965. The lowest BCUT2D eigenvalue weighted by atomic mass is 10.2. The van der Waals surface area contributed by atoms with Gasteiger partial charge in [-0.2, -0.15) is 30.1 Å². The second-order valence-corrected chi connectivity index (χ2v) is 12.5. The summed E-state index contributed by atoms with van der Waals surface area (Å²) < 4.78 is 1.89. The molecule has 0 bridgehead atoms. The van der Waals surface area contributed by atoms with Crippen LogP contribution >= 0.6 is 0 Å². The number of hydrogen-bond donors (Lipinski definition) is 7. The normalized spacial score (nSPS) is 15.9. The monoisotopic (exact) mass is 624 g/mol. The third-order valence-electron chi connectivity index (χ3n) is 8.29. The van der Waals surface area contributed by atoms with Gasteiger partial charge in [-0.15, -0.1) is 0 Å². The Morgan fingerprint density at radius 3 is 1.83 bits per heavy atom. The fraction of sp³-hybridized carbons (Fsp3) is 0.467. The topological polar surface area (TPSA) is 204 Å². The lowest BCUT2D eigenvalue weighted by molar-refractivity contribution is 0.532. The molecular formula is C30H40N16. The van der Waals surface area contributed by atoms with Crippen LogP contribution in [0.3, 0.4) is 0 Å².